The number of carbonyl (C=O) groups is 3. The van der Waals surface area contributed by atoms with Crippen LogP contribution in [0.25, 0.3) is 0 Å². The van der Waals surface area contributed by atoms with Crippen molar-refractivity contribution in [3.63, 3.8) is 0 Å². The number of thiophene rings is 1. The molecule has 2 amide bonds. The molecule has 1 aromatic carbocycles. The van der Waals surface area contributed by atoms with Gasteiger partial charge in [0.15, 0.2) is 5.01 Å². The lowest BCUT2D eigenvalue weighted by Crippen LogP contribution is -2.35. The first-order valence-corrected chi connectivity index (χ1v) is 13.1. The second kappa shape index (κ2) is 10.6. The zero-order valence-electron chi connectivity index (χ0n) is 18.9. The minimum Gasteiger partial charge on any atom is -0.478 e. The van der Waals surface area contributed by atoms with E-state index in [1.54, 1.807) is 12.1 Å². The first-order valence-electron chi connectivity index (χ1n) is 10.8. The van der Waals surface area contributed by atoms with Crippen molar-refractivity contribution in [2.75, 3.05) is 11.9 Å². The summed E-state index contributed by atoms with van der Waals surface area (Å²) in [5.41, 5.74) is 1.45. The maximum Gasteiger partial charge on any atom is 0.337 e. The Kier molecular flexibility index (Phi) is 7.77. The van der Waals surface area contributed by atoms with Crippen molar-refractivity contribution in [3.05, 3.63) is 65.2 Å². The molecule has 1 aliphatic rings. The third-order valence-electron chi connectivity index (χ3n) is 5.59. The molecule has 0 saturated carbocycles. The molecule has 1 aliphatic heterocycles. The van der Waals surface area contributed by atoms with Gasteiger partial charge in [0.05, 0.1) is 25.5 Å². The van der Waals surface area contributed by atoms with Gasteiger partial charge in [0.1, 0.15) is 0 Å². The second-order valence-electron chi connectivity index (χ2n) is 8.24. The summed E-state index contributed by atoms with van der Waals surface area (Å²) in [6.07, 6.45) is 0.769. The number of carboxylic acid groups (broad SMARTS) is 1. The predicted octanol–water partition coefficient (Wildman–Crippen LogP) is 5.16. The van der Waals surface area contributed by atoms with Gasteiger partial charge in [-0.15, -0.1) is 22.7 Å². The molecule has 3 aromatic rings. The molecule has 0 unspecified atom stereocenters. The lowest BCUT2D eigenvalue weighted by molar-refractivity contribution is 0.0696. The fourth-order valence-corrected chi connectivity index (χ4v) is 5.92. The average molecular weight is 553 g/mol. The number of carbonyl (C=O) groups excluding carboxylic acids is 2. The summed E-state index contributed by atoms with van der Waals surface area (Å²) in [6.45, 7) is 5.91. The highest BCUT2D eigenvalue weighted by Crippen LogP contribution is 2.29. The zero-order valence-corrected chi connectivity index (χ0v) is 22.0. The number of aromatic carboxylic acids is 1. The van der Waals surface area contributed by atoms with Crippen LogP contribution in [0.2, 0.25) is 9.36 Å². The molecular formula is C23H22Cl2N4O4S2. The van der Waals surface area contributed by atoms with Crippen LogP contribution in [-0.4, -0.2) is 45.4 Å². The minimum absolute atomic E-state index is 0.00240. The van der Waals surface area contributed by atoms with Crippen LogP contribution >= 0.6 is 45.9 Å². The molecule has 184 valence electrons. The third-order valence-corrected chi connectivity index (χ3v) is 8.22. The minimum atomic E-state index is -1.23. The van der Waals surface area contributed by atoms with Crippen LogP contribution in [0.15, 0.2) is 24.3 Å². The van der Waals surface area contributed by atoms with Gasteiger partial charge in [-0.3, -0.25) is 14.5 Å². The molecule has 3 heterocycles. The van der Waals surface area contributed by atoms with Gasteiger partial charge in [-0.1, -0.05) is 23.2 Å². The van der Waals surface area contributed by atoms with E-state index < -0.39 is 11.9 Å². The highest BCUT2D eigenvalue weighted by Gasteiger charge is 2.25. The number of halogens is 2. The summed E-state index contributed by atoms with van der Waals surface area (Å²) in [5.74, 6) is -2.02. The van der Waals surface area contributed by atoms with E-state index in [1.165, 1.54) is 23.5 Å². The Balaban J connectivity index is 1.56. The topological polar surface area (TPSA) is 112 Å². The van der Waals surface area contributed by atoms with E-state index in [1.807, 2.05) is 0 Å². The molecule has 0 atom stereocenters. The number of anilines is 1. The van der Waals surface area contributed by atoms with Gasteiger partial charge >= 0.3 is 5.97 Å². The van der Waals surface area contributed by atoms with Crippen LogP contribution in [0.4, 0.5) is 5.69 Å². The largest absolute Gasteiger partial charge is 0.478 e. The zero-order chi connectivity index (χ0) is 25.3. The lowest BCUT2D eigenvalue weighted by Gasteiger charge is -2.29. The van der Waals surface area contributed by atoms with E-state index in [4.69, 9.17) is 23.2 Å². The average Bonchev–Trinajstić information content (AvgIpc) is 3.44. The molecule has 0 aliphatic carbocycles. The Hall–Kier alpha value is -2.50. The number of hydrogen-bond donors (Lipinski definition) is 3. The SMILES string of the molecule is CC(C)N1CCc2nc(C(=O)Nc3cc(C(=O)O)c(Cl)cc3CNC(=O)c3ccc(Cl)s3)sc2C1. The quantitative estimate of drug-likeness (QED) is 0.373. The Labute approximate surface area is 219 Å². The number of rotatable bonds is 7. The van der Waals surface area contributed by atoms with Crippen molar-refractivity contribution >= 4 is 69.3 Å². The number of nitrogens with one attached hydrogen (secondary N) is 2. The fourth-order valence-electron chi connectivity index (χ4n) is 3.67. The maximum absolute atomic E-state index is 13.1. The highest BCUT2D eigenvalue weighted by molar-refractivity contribution is 7.18. The van der Waals surface area contributed by atoms with E-state index in [-0.39, 0.29) is 28.7 Å². The van der Waals surface area contributed by atoms with Crippen molar-refractivity contribution in [3.8, 4) is 0 Å². The van der Waals surface area contributed by atoms with E-state index in [0.29, 0.717) is 25.8 Å². The van der Waals surface area contributed by atoms with Crippen LogP contribution in [0.5, 0.6) is 0 Å². The van der Waals surface area contributed by atoms with Gasteiger partial charge in [-0.05, 0) is 43.7 Å². The number of benzene rings is 1. The summed E-state index contributed by atoms with van der Waals surface area (Å²) in [4.78, 5) is 45.5. The highest BCUT2D eigenvalue weighted by atomic mass is 35.5. The summed E-state index contributed by atoms with van der Waals surface area (Å²) in [6, 6.07) is 6.35. The molecule has 12 heteroatoms. The van der Waals surface area contributed by atoms with Crippen molar-refractivity contribution in [2.45, 2.75) is 39.4 Å². The standard InChI is InChI=1S/C23H22Cl2N4O4S2/c1-11(2)29-6-5-15-18(10-29)35-22(28-15)21(31)27-16-8-13(23(32)33)14(24)7-12(16)9-26-20(30)17-3-4-19(25)34-17/h3-4,7-8,11H,5-6,9-10H2,1-2H3,(H,26,30)(H,27,31)(H,32,33). The number of thiazole rings is 1. The summed E-state index contributed by atoms with van der Waals surface area (Å²) >= 11 is 14.5. The summed E-state index contributed by atoms with van der Waals surface area (Å²) in [5, 5.41) is 15.3. The molecule has 0 spiro atoms. The number of aromatic nitrogens is 1. The van der Waals surface area contributed by atoms with Gasteiger partial charge in [-0.25, -0.2) is 9.78 Å². The normalized spacial score (nSPS) is 13.5. The number of fused-ring (bicyclic) bond motifs is 1. The monoisotopic (exact) mass is 552 g/mol. The van der Waals surface area contributed by atoms with Gasteiger partial charge < -0.3 is 15.7 Å². The van der Waals surface area contributed by atoms with Crippen LogP contribution in [-0.2, 0) is 19.5 Å². The third kappa shape index (κ3) is 5.84. The number of hydrogen-bond acceptors (Lipinski definition) is 7. The summed E-state index contributed by atoms with van der Waals surface area (Å²) < 4.78 is 0.486. The Morgan fingerprint density at radius 2 is 1.94 bits per heavy atom. The number of nitrogens with zero attached hydrogens (tertiary/aromatic N) is 2. The van der Waals surface area contributed by atoms with Gasteiger partial charge in [0.25, 0.3) is 11.8 Å². The van der Waals surface area contributed by atoms with Gasteiger partial charge in [0.2, 0.25) is 0 Å². The van der Waals surface area contributed by atoms with Gasteiger partial charge in [-0.2, -0.15) is 0 Å². The molecule has 4 rings (SSSR count). The second-order valence-corrected chi connectivity index (χ2v) is 11.4. The molecule has 0 radical (unpaired) electrons. The Morgan fingerprint density at radius 3 is 2.60 bits per heavy atom. The molecule has 3 N–H and O–H groups in total. The number of amides is 2. The predicted molar refractivity (Wildman–Crippen MR) is 138 cm³/mol. The van der Waals surface area contributed by atoms with Crippen molar-refractivity contribution in [1.29, 1.82) is 0 Å². The molecule has 2 aromatic heterocycles. The molecule has 0 saturated heterocycles. The fraction of sp³-hybridized carbons (Fsp3) is 0.304. The molecule has 8 nitrogen and oxygen atoms in total. The van der Waals surface area contributed by atoms with Crippen LogP contribution in [0, 0.1) is 0 Å². The molecule has 0 fully saturated rings. The Bertz CT molecular complexity index is 1300. The first-order chi connectivity index (χ1) is 16.6. The van der Waals surface area contributed by atoms with E-state index in [0.717, 1.165) is 41.4 Å². The van der Waals surface area contributed by atoms with E-state index in [2.05, 4.69) is 34.4 Å². The summed E-state index contributed by atoms with van der Waals surface area (Å²) in [7, 11) is 0. The van der Waals surface area contributed by atoms with Crippen molar-refractivity contribution in [2.24, 2.45) is 0 Å². The first kappa shape index (κ1) is 25.6. The van der Waals surface area contributed by atoms with Gasteiger partial charge in [0, 0.05) is 42.7 Å². The number of carboxylic acids is 1. The van der Waals surface area contributed by atoms with Crippen LogP contribution in [0.3, 0.4) is 0 Å². The van der Waals surface area contributed by atoms with E-state index in [9.17, 15) is 19.5 Å². The Morgan fingerprint density at radius 1 is 1.17 bits per heavy atom. The molecular weight excluding hydrogens is 531 g/mol. The lowest BCUT2D eigenvalue weighted by atomic mass is 10.1. The van der Waals surface area contributed by atoms with Crippen molar-refractivity contribution in [1.82, 2.24) is 15.2 Å². The maximum atomic E-state index is 13.1. The molecule has 0 bridgehead atoms. The van der Waals surface area contributed by atoms with Crippen molar-refractivity contribution < 1.29 is 19.5 Å². The molecule has 35 heavy (non-hydrogen) atoms. The van der Waals surface area contributed by atoms with Crippen LogP contribution < -0.4 is 10.6 Å². The van der Waals surface area contributed by atoms with Crippen LogP contribution in [0.1, 0.15) is 59.8 Å². The van der Waals surface area contributed by atoms with E-state index >= 15 is 0 Å². The smallest absolute Gasteiger partial charge is 0.337 e.